The second kappa shape index (κ2) is 5.93. The number of carbonyl (C=O) groups is 1. The first-order chi connectivity index (χ1) is 5.61. The molecule has 0 spiro atoms. The van der Waals surface area contributed by atoms with Crippen LogP contribution in [0.3, 0.4) is 0 Å². The number of carbonyl (C=O) groups excluding carboxylic acids is 1. The Morgan fingerprint density at radius 2 is 2.00 bits per heavy atom. The summed E-state index contributed by atoms with van der Waals surface area (Å²) in [6.45, 7) is 0.788. The Bertz CT molecular complexity index is 136. The molecule has 0 amide bonds. The molecule has 0 heterocycles. The Morgan fingerprint density at radius 3 is 2.42 bits per heavy atom. The highest BCUT2D eigenvalue weighted by atomic mass is 16.5. The predicted molar refractivity (Wildman–Crippen MR) is 40.3 cm³/mol. The number of ether oxygens (including phenoxy) is 1. The molecule has 0 aliphatic heterocycles. The average molecular weight is 178 g/mol. The smallest absolute Gasteiger partial charge is 0.305 e. The summed E-state index contributed by atoms with van der Waals surface area (Å²) in [5.74, 6) is -0.445. The van der Waals surface area contributed by atoms with Gasteiger partial charge in [-0.05, 0) is 0 Å². The summed E-state index contributed by atoms with van der Waals surface area (Å²) < 4.78 is 4.52. The Morgan fingerprint density at radius 1 is 1.42 bits per heavy atom. The van der Waals surface area contributed by atoms with Crippen LogP contribution in [-0.4, -0.2) is 46.7 Å². The van der Waals surface area contributed by atoms with Gasteiger partial charge in [-0.25, -0.2) is 0 Å². The van der Waals surface area contributed by atoms with E-state index in [2.05, 4.69) is 4.74 Å². The van der Waals surface area contributed by atoms with Crippen LogP contribution < -0.4 is 0 Å². The van der Waals surface area contributed by atoms with Crippen molar-refractivity contribution in [1.29, 1.82) is 0 Å². The van der Waals surface area contributed by atoms with Gasteiger partial charge in [0.2, 0.25) is 0 Å². The van der Waals surface area contributed by atoms with Gasteiger partial charge in [-0.15, -0.1) is 0 Å². The number of hydrogen-bond donors (Lipinski definition) is 3. The predicted octanol–water partition coefficient (Wildman–Crippen LogP) is -1.35. The Balaban J connectivity index is 3.56. The maximum absolute atomic E-state index is 10.5. The van der Waals surface area contributed by atoms with Gasteiger partial charge in [0.15, 0.2) is 0 Å². The number of aliphatic hydroxyl groups excluding tert-OH is 3. The largest absolute Gasteiger partial charge is 0.463 e. The zero-order chi connectivity index (χ0) is 9.56. The van der Waals surface area contributed by atoms with Crippen molar-refractivity contribution in [3.63, 3.8) is 0 Å². The van der Waals surface area contributed by atoms with Gasteiger partial charge in [0.25, 0.3) is 0 Å². The van der Waals surface area contributed by atoms with E-state index in [0.717, 1.165) is 0 Å². The Labute approximate surface area is 70.6 Å². The van der Waals surface area contributed by atoms with Crippen LogP contribution in [0.5, 0.6) is 0 Å². The fourth-order valence-corrected chi connectivity index (χ4v) is 0.513. The zero-order valence-electron chi connectivity index (χ0n) is 6.93. The molecular weight excluding hydrogens is 164 g/mol. The Hall–Kier alpha value is -0.650. The summed E-state index contributed by atoms with van der Waals surface area (Å²) in [6, 6.07) is 0. The average Bonchev–Trinajstić information content (AvgIpc) is 2.11. The van der Waals surface area contributed by atoms with E-state index >= 15 is 0 Å². The fourth-order valence-electron chi connectivity index (χ4n) is 0.513. The number of esters is 1. The number of aliphatic hydroxyl groups is 3. The van der Waals surface area contributed by atoms with Crippen molar-refractivity contribution in [2.24, 2.45) is 0 Å². The second-order valence-electron chi connectivity index (χ2n) is 2.35. The quantitative estimate of drug-likeness (QED) is 0.453. The van der Waals surface area contributed by atoms with Crippen LogP contribution in [0, 0.1) is 0 Å². The van der Waals surface area contributed by atoms with E-state index in [9.17, 15) is 4.79 Å². The topological polar surface area (TPSA) is 87.0 Å². The summed E-state index contributed by atoms with van der Waals surface area (Å²) >= 11 is 0. The maximum Gasteiger partial charge on any atom is 0.305 e. The summed E-state index contributed by atoms with van der Waals surface area (Å²) in [6.07, 6.45) is -2.25. The molecule has 12 heavy (non-hydrogen) atoms. The van der Waals surface area contributed by atoms with Crippen molar-refractivity contribution in [3.05, 3.63) is 0 Å². The van der Waals surface area contributed by atoms with E-state index in [1.54, 1.807) is 6.92 Å². The van der Waals surface area contributed by atoms with Crippen LogP contribution in [0.4, 0.5) is 0 Å². The molecule has 0 aromatic rings. The monoisotopic (exact) mass is 178 g/mol. The molecule has 5 nitrogen and oxygen atoms in total. The molecule has 0 fully saturated rings. The molecule has 2 atom stereocenters. The van der Waals surface area contributed by atoms with Crippen LogP contribution in [0.25, 0.3) is 0 Å². The van der Waals surface area contributed by atoms with Crippen LogP contribution in [0.15, 0.2) is 0 Å². The minimum absolute atomic E-state index is 0.224. The van der Waals surface area contributed by atoms with Crippen molar-refractivity contribution in [3.8, 4) is 0 Å². The van der Waals surface area contributed by atoms with Gasteiger partial charge in [-0.3, -0.25) is 4.79 Å². The minimum atomic E-state index is -1.25. The molecule has 0 saturated heterocycles. The van der Waals surface area contributed by atoms with Crippen LogP contribution in [0.1, 0.15) is 13.3 Å². The standard InChI is InChI=1S/C7H14O5/c1-2-7(11)12-4-6(10)5(9)3-8/h5-6,8-10H,2-4H2,1H3. The van der Waals surface area contributed by atoms with E-state index in [1.807, 2.05) is 0 Å². The van der Waals surface area contributed by atoms with E-state index in [-0.39, 0.29) is 13.0 Å². The normalized spacial score (nSPS) is 15.3. The minimum Gasteiger partial charge on any atom is -0.463 e. The van der Waals surface area contributed by atoms with Crippen LogP contribution in [-0.2, 0) is 9.53 Å². The van der Waals surface area contributed by atoms with Crippen LogP contribution >= 0.6 is 0 Å². The van der Waals surface area contributed by atoms with Gasteiger partial charge in [0.05, 0.1) is 6.61 Å². The third-order valence-electron chi connectivity index (χ3n) is 1.33. The molecule has 5 heteroatoms. The van der Waals surface area contributed by atoms with Crippen molar-refractivity contribution in [1.82, 2.24) is 0 Å². The van der Waals surface area contributed by atoms with E-state index in [4.69, 9.17) is 15.3 Å². The van der Waals surface area contributed by atoms with E-state index < -0.39 is 24.8 Å². The third-order valence-corrected chi connectivity index (χ3v) is 1.33. The highest BCUT2D eigenvalue weighted by Gasteiger charge is 2.16. The van der Waals surface area contributed by atoms with Crippen LogP contribution in [0.2, 0.25) is 0 Å². The lowest BCUT2D eigenvalue weighted by Crippen LogP contribution is -2.34. The molecule has 0 aromatic carbocycles. The molecule has 72 valence electrons. The molecule has 2 unspecified atom stereocenters. The molecule has 0 radical (unpaired) electrons. The number of rotatable bonds is 5. The van der Waals surface area contributed by atoms with Gasteiger partial charge in [-0.2, -0.15) is 0 Å². The fraction of sp³-hybridized carbons (Fsp3) is 0.857. The van der Waals surface area contributed by atoms with Crippen molar-refractivity contribution < 1.29 is 24.9 Å². The second-order valence-corrected chi connectivity index (χ2v) is 2.35. The lowest BCUT2D eigenvalue weighted by atomic mass is 10.2. The zero-order valence-corrected chi connectivity index (χ0v) is 6.93. The van der Waals surface area contributed by atoms with Gasteiger partial charge in [0.1, 0.15) is 18.8 Å². The van der Waals surface area contributed by atoms with Crippen molar-refractivity contribution >= 4 is 5.97 Å². The Kier molecular flexibility index (Phi) is 5.61. The highest BCUT2D eigenvalue weighted by Crippen LogP contribution is 1.94. The molecule has 0 aromatic heterocycles. The van der Waals surface area contributed by atoms with E-state index in [1.165, 1.54) is 0 Å². The highest BCUT2D eigenvalue weighted by molar-refractivity contribution is 5.68. The van der Waals surface area contributed by atoms with E-state index in [0.29, 0.717) is 0 Å². The van der Waals surface area contributed by atoms with Gasteiger partial charge in [-0.1, -0.05) is 6.92 Å². The van der Waals surface area contributed by atoms with Gasteiger partial charge >= 0.3 is 5.97 Å². The third kappa shape index (κ3) is 4.27. The van der Waals surface area contributed by atoms with Crippen molar-refractivity contribution in [2.45, 2.75) is 25.6 Å². The number of hydrogen-bond acceptors (Lipinski definition) is 5. The molecule has 0 bridgehead atoms. The first kappa shape index (κ1) is 11.4. The molecule has 0 aliphatic carbocycles. The summed E-state index contributed by atoms with van der Waals surface area (Å²) in [7, 11) is 0. The molecule has 0 rings (SSSR count). The lowest BCUT2D eigenvalue weighted by Gasteiger charge is -2.14. The molecular formula is C7H14O5. The van der Waals surface area contributed by atoms with Crippen molar-refractivity contribution in [2.75, 3.05) is 13.2 Å². The molecule has 3 N–H and O–H groups in total. The first-order valence-corrected chi connectivity index (χ1v) is 3.74. The maximum atomic E-state index is 10.5. The SMILES string of the molecule is CCC(=O)OCC(O)C(O)CO. The van der Waals surface area contributed by atoms with Gasteiger partial charge < -0.3 is 20.1 Å². The molecule has 0 saturated carbocycles. The lowest BCUT2D eigenvalue weighted by molar-refractivity contribution is -0.149. The first-order valence-electron chi connectivity index (χ1n) is 3.74. The summed E-state index contributed by atoms with van der Waals surface area (Å²) in [5.41, 5.74) is 0. The molecule has 0 aliphatic rings. The summed E-state index contributed by atoms with van der Waals surface area (Å²) in [5, 5.41) is 26.2. The summed E-state index contributed by atoms with van der Waals surface area (Å²) in [4.78, 5) is 10.5. The van der Waals surface area contributed by atoms with Gasteiger partial charge in [0, 0.05) is 6.42 Å².